The fourth-order valence-electron chi connectivity index (χ4n) is 2.11. The molecule has 28 heavy (non-hydrogen) atoms. The molecule has 7 heteroatoms. The molecule has 0 spiro atoms. The van der Waals surface area contributed by atoms with Crippen LogP contribution in [-0.2, 0) is 14.4 Å². The summed E-state index contributed by atoms with van der Waals surface area (Å²) in [5.41, 5.74) is -1.27. The molecule has 0 saturated carbocycles. The average molecular weight is 399 g/mol. The van der Waals surface area contributed by atoms with Crippen molar-refractivity contribution in [2.75, 3.05) is 39.3 Å². The lowest BCUT2D eigenvalue weighted by Gasteiger charge is -2.26. The van der Waals surface area contributed by atoms with Crippen molar-refractivity contribution in [1.82, 2.24) is 20.9 Å². The Bertz CT molecular complexity index is 449. The van der Waals surface area contributed by atoms with Gasteiger partial charge in [0.05, 0.1) is 0 Å². The van der Waals surface area contributed by atoms with Crippen LogP contribution in [0.5, 0.6) is 0 Å². The normalized spacial score (nSPS) is 12.6. The van der Waals surface area contributed by atoms with Gasteiger partial charge in [0.2, 0.25) is 17.7 Å². The van der Waals surface area contributed by atoms with E-state index >= 15 is 0 Å². The summed E-state index contributed by atoms with van der Waals surface area (Å²) in [4.78, 5) is 38.2. The Labute approximate surface area is 171 Å². The van der Waals surface area contributed by atoms with Crippen molar-refractivity contribution in [2.45, 2.75) is 62.3 Å². The van der Waals surface area contributed by atoms with Crippen LogP contribution in [0.3, 0.4) is 0 Å². The highest BCUT2D eigenvalue weighted by Crippen LogP contribution is 2.13. The largest absolute Gasteiger partial charge is 0.354 e. The van der Waals surface area contributed by atoms with Crippen LogP contribution in [0.1, 0.15) is 62.3 Å². The fourth-order valence-corrected chi connectivity index (χ4v) is 2.11. The van der Waals surface area contributed by atoms with Gasteiger partial charge < -0.3 is 16.0 Å². The number of hydrogen-bond acceptors (Lipinski definition) is 4. The Balaban J connectivity index is 4.58. The molecule has 0 fully saturated rings. The van der Waals surface area contributed by atoms with Crippen molar-refractivity contribution in [3.63, 3.8) is 0 Å². The highest BCUT2D eigenvalue weighted by molar-refractivity contribution is 5.82. The maximum absolute atomic E-state index is 12.0. The lowest BCUT2D eigenvalue weighted by Crippen LogP contribution is -2.46. The second kappa shape index (κ2) is 10.8. The van der Waals surface area contributed by atoms with Gasteiger partial charge in [0.25, 0.3) is 0 Å². The maximum Gasteiger partial charge on any atom is 0.225 e. The van der Waals surface area contributed by atoms with Crippen molar-refractivity contribution >= 4 is 17.7 Å². The molecule has 0 aromatic heterocycles. The van der Waals surface area contributed by atoms with Crippen molar-refractivity contribution in [3.8, 4) is 0 Å². The van der Waals surface area contributed by atoms with E-state index in [0.717, 1.165) is 0 Å². The molecule has 0 bridgehead atoms. The first-order valence-electron chi connectivity index (χ1n) is 10.1. The summed E-state index contributed by atoms with van der Waals surface area (Å²) in [6, 6.07) is 0. The molecule has 3 N–H and O–H groups in total. The molecule has 0 rings (SSSR count). The van der Waals surface area contributed by atoms with Gasteiger partial charge in [-0.05, 0) is 0 Å². The van der Waals surface area contributed by atoms with E-state index in [2.05, 4.69) is 20.9 Å². The van der Waals surface area contributed by atoms with Gasteiger partial charge in [0.15, 0.2) is 0 Å². The van der Waals surface area contributed by atoms with Crippen molar-refractivity contribution in [2.24, 2.45) is 16.2 Å². The van der Waals surface area contributed by atoms with Gasteiger partial charge in [-0.3, -0.25) is 19.3 Å². The molecule has 3 amide bonds. The summed E-state index contributed by atoms with van der Waals surface area (Å²) >= 11 is 0. The maximum atomic E-state index is 12.0. The third-order valence-electron chi connectivity index (χ3n) is 4.18. The Morgan fingerprint density at radius 1 is 0.536 bits per heavy atom. The number of hydrogen-bond donors (Lipinski definition) is 3. The van der Waals surface area contributed by atoms with Gasteiger partial charge in [0.1, 0.15) is 0 Å². The summed E-state index contributed by atoms with van der Waals surface area (Å²) in [6.07, 6.45) is 0. The number of amides is 3. The molecular formula is C21H42N4O3. The second-order valence-electron chi connectivity index (χ2n) is 10.4. The van der Waals surface area contributed by atoms with Crippen LogP contribution in [0.4, 0.5) is 0 Å². The third kappa shape index (κ3) is 11.3. The van der Waals surface area contributed by atoms with E-state index < -0.39 is 16.2 Å². The standard InChI is InChI=1S/C21H42N4O3/c1-19(2,3)16(26)22-10-13-25(14-11-23-17(27)20(4,5)6)15-12-24-18(28)21(7,8)9/h10-15H2,1-9H3,(H,22,26)(H,23,27)(H,24,28). The van der Waals surface area contributed by atoms with Crippen molar-refractivity contribution in [1.29, 1.82) is 0 Å². The predicted octanol–water partition coefficient (Wildman–Crippen LogP) is 1.78. The summed E-state index contributed by atoms with van der Waals surface area (Å²) < 4.78 is 0. The Hall–Kier alpha value is -1.63. The first-order chi connectivity index (χ1) is 12.5. The molecule has 0 aliphatic rings. The lowest BCUT2D eigenvalue weighted by atomic mass is 9.96. The van der Waals surface area contributed by atoms with Crippen molar-refractivity contribution < 1.29 is 14.4 Å². The Morgan fingerprint density at radius 2 is 0.750 bits per heavy atom. The summed E-state index contributed by atoms with van der Waals surface area (Å²) in [5.74, 6) is 0.0264. The van der Waals surface area contributed by atoms with Crippen LogP contribution in [0.25, 0.3) is 0 Å². The van der Waals surface area contributed by atoms with E-state index in [-0.39, 0.29) is 17.7 Å². The molecule has 0 aromatic carbocycles. The van der Waals surface area contributed by atoms with E-state index in [0.29, 0.717) is 39.3 Å². The molecule has 0 aromatic rings. The van der Waals surface area contributed by atoms with E-state index in [4.69, 9.17) is 0 Å². The average Bonchev–Trinajstić information content (AvgIpc) is 2.51. The summed E-state index contributed by atoms with van der Waals surface area (Å²) in [6.45, 7) is 20.4. The van der Waals surface area contributed by atoms with Crippen LogP contribution in [0.2, 0.25) is 0 Å². The SMILES string of the molecule is CC(C)(C)C(=O)NCCN(CCNC(=O)C(C)(C)C)CCNC(=O)C(C)(C)C. The van der Waals surface area contributed by atoms with E-state index in [1.54, 1.807) is 0 Å². The predicted molar refractivity (Wildman–Crippen MR) is 114 cm³/mol. The number of carbonyl (C=O) groups excluding carboxylic acids is 3. The van der Waals surface area contributed by atoms with Crippen molar-refractivity contribution in [3.05, 3.63) is 0 Å². The Kier molecular flexibility index (Phi) is 10.2. The Morgan fingerprint density at radius 3 is 0.929 bits per heavy atom. The minimum absolute atomic E-state index is 0.00882. The number of carbonyl (C=O) groups is 3. The first kappa shape index (κ1) is 26.4. The highest BCUT2D eigenvalue weighted by atomic mass is 16.2. The van der Waals surface area contributed by atoms with Crippen LogP contribution in [0.15, 0.2) is 0 Å². The molecule has 164 valence electrons. The molecule has 0 radical (unpaired) electrons. The quantitative estimate of drug-likeness (QED) is 0.552. The summed E-state index contributed by atoms with van der Waals surface area (Å²) in [5, 5.41) is 8.83. The third-order valence-corrected chi connectivity index (χ3v) is 4.18. The minimum Gasteiger partial charge on any atom is -0.354 e. The molecule has 0 atom stereocenters. The molecule has 0 saturated heterocycles. The molecule has 0 aliphatic carbocycles. The van der Waals surface area contributed by atoms with Gasteiger partial charge in [-0.15, -0.1) is 0 Å². The van der Waals surface area contributed by atoms with Crippen LogP contribution in [-0.4, -0.2) is 61.9 Å². The van der Waals surface area contributed by atoms with Gasteiger partial charge in [0, 0.05) is 55.5 Å². The van der Waals surface area contributed by atoms with Crippen LogP contribution < -0.4 is 16.0 Å². The van der Waals surface area contributed by atoms with E-state index in [9.17, 15) is 14.4 Å². The van der Waals surface area contributed by atoms with E-state index in [1.165, 1.54) is 0 Å². The molecular weight excluding hydrogens is 356 g/mol. The zero-order chi connectivity index (χ0) is 22.2. The topological polar surface area (TPSA) is 90.5 Å². The van der Waals surface area contributed by atoms with Crippen LogP contribution in [0, 0.1) is 16.2 Å². The van der Waals surface area contributed by atoms with Gasteiger partial charge in [-0.25, -0.2) is 0 Å². The van der Waals surface area contributed by atoms with Gasteiger partial charge in [-0.2, -0.15) is 0 Å². The van der Waals surface area contributed by atoms with Crippen LogP contribution >= 0.6 is 0 Å². The number of nitrogens with one attached hydrogen (secondary N) is 3. The minimum atomic E-state index is -0.424. The zero-order valence-electron chi connectivity index (χ0n) is 19.4. The molecule has 7 nitrogen and oxygen atoms in total. The summed E-state index contributed by atoms with van der Waals surface area (Å²) in [7, 11) is 0. The van der Waals surface area contributed by atoms with Gasteiger partial charge in [-0.1, -0.05) is 62.3 Å². The highest BCUT2D eigenvalue weighted by Gasteiger charge is 2.23. The first-order valence-corrected chi connectivity index (χ1v) is 10.1. The molecule has 0 heterocycles. The smallest absolute Gasteiger partial charge is 0.225 e. The zero-order valence-corrected chi connectivity index (χ0v) is 19.4. The number of rotatable bonds is 9. The molecule has 0 aliphatic heterocycles. The van der Waals surface area contributed by atoms with E-state index in [1.807, 2.05) is 62.3 Å². The second-order valence-corrected chi connectivity index (χ2v) is 10.4. The lowest BCUT2D eigenvalue weighted by molar-refractivity contribution is -0.129. The monoisotopic (exact) mass is 398 g/mol. The number of nitrogens with zero attached hydrogens (tertiary/aromatic N) is 1. The fraction of sp³-hybridized carbons (Fsp3) is 0.857. The van der Waals surface area contributed by atoms with Gasteiger partial charge >= 0.3 is 0 Å². The molecule has 0 unspecified atom stereocenters.